The maximum atomic E-state index is 9.81. The summed E-state index contributed by atoms with van der Waals surface area (Å²) in [5.74, 6) is -0.438. The normalized spacial score (nSPS) is 8.38. The quantitative estimate of drug-likeness (QED) is 0.563. The molecule has 0 bridgehead atoms. The predicted octanol–water partition coefficient (Wildman–Crippen LogP) is 0.961. The van der Waals surface area contributed by atoms with E-state index in [-0.39, 0.29) is 38.2 Å². The molecule has 0 rings (SSSR count). The van der Waals surface area contributed by atoms with Crippen LogP contribution in [0, 0.1) is 5.92 Å². The van der Waals surface area contributed by atoms with Crippen molar-refractivity contribution in [3.8, 4) is 0 Å². The molecule has 8 heavy (non-hydrogen) atoms. The van der Waals surface area contributed by atoms with Gasteiger partial charge in [-0.05, 0) is 5.92 Å². The van der Waals surface area contributed by atoms with Crippen LogP contribution in [0.3, 0.4) is 0 Å². The molecule has 0 aliphatic rings. The van der Waals surface area contributed by atoms with Crippen LogP contribution in [0.1, 0.15) is 23.1 Å². The van der Waals surface area contributed by atoms with E-state index in [1.807, 2.05) is 13.8 Å². The molecule has 3 heteroatoms. The average Bonchev–Trinajstić information content (AvgIpc) is 1.27. The van der Waals surface area contributed by atoms with E-state index in [9.17, 15) is 4.79 Å². The van der Waals surface area contributed by atoms with Gasteiger partial charge in [0.15, 0.2) is 0 Å². The van der Waals surface area contributed by atoms with E-state index in [2.05, 4.69) is 0 Å². The molecule has 0 saturated carbocycles. The molecule has 1 N–H and O–H groups in total. The molecule has 46 valence electrons. The molecule has 0 fully saturated rings. The summed E-state index contributed by atoms with van der Waals surface area (Å²) >= 11 is 0. The van der Waals surface area contributed by atoms with Gasteiger partial charge in [-0.1, -0.05) is 13.8 Å². The minimum absolute atomic E-state index is 0. The van der Waals surface area contributed by atoms with Gasteiger partial charge in [-0.15, -0.1) is 0 Å². The second-order valence-corrected chi connectivity index (χ2v) is 1.99. The summed E-state index contributed by atoms with van der Waals surface area (Å²) < 4.78 is 0. The van der Waals surface area contributed by atoms with E-state index < -0.39 is 5.97 Å². The van der Waals surface area contributed by atoms with Crippen molar-refractivity contribution in [2.24, 2.45) is 5.92 Å². The van der Waals surface area contributed by atoms with E-state index in [0.29, 0.717) is 0 Å². The Balaban J connectivity index is -0.0000000600. The molecule has 0 heterocycles. The molecule has 0 unspecified atom stereocenters. The van der Waals surface area contributed by atoms with Gasteiger partial charge in [0.05, 0.1) is 0 Å². The van der Waals surface area contributed by atoms with E-state index in [4.69, 9.17) is 5.11 Å². The van der Waals surface area contributed by atoms with E-state index in [1.54, 1.807) is 0 Å². The van der Waals surface area contributed by atoms with E-state index in [0.717, 1.165) is 0 Å². The van der Waals surface area contributed by atoms with Crippen LogP contribution in [-0.4, -0.2) is 34.1 Å². The minimum atomic E-state index is -0.713. The summed E-state index contributed by atoms with van der Waals surface area (Å²) in [7, 11) is 0. The third-order valence-electron chi connectivity index (χ3n) is 0.583. The van der Waals surface area contributed by atoms with E-state index in [1.165, 1.54) is 0 Å². The summed E-state index contributed by atoms with van der Waals surface area (Å²) in [6.45, 7) is 3.77. The van der Waals surface area contributed by atoms with Gasteiger partial charge in [0.25, 0.3) is 0 Å². The summed E-state index contributed by atoms with van der Waals surface area (Å²) in [5.41, 5.74) is 0. The van der Waals surface area contributed by atoms with Gasteiger partial charge in [0, 0.05) is 6.42 Å². The fraction of sp³-hybridized carbons (Fsp3) is 0.800. The van der Waals surface area contributed by atoms with Crippen molar-refractivity contribution < 1.29 is 12.8 Å². The van der Waals surface area contributed by atoms with Crippen molar-refractivity contribution >= 4 is 29.0 Å². The Morgan fingerprint density at radius 3 is 2.12 bits per heavy atom. The number of hydrogen-bond acceptors (Lipinski definition) is 1. The Bertz CT molecular complexity index is 78.0. The molecule has 0 aromatic carbocycles. The molecule has 0 radical (unpaired) electrons. The Kier molecular flexibility index (Phi) is 7.45. The first-order chi connectivity index (χ1) is 3.13. The van der Waals surface area contributed by atoms with Gasteiger partial charge < -0.3 is 7.96 Å². The van der Waals surface area contributed by atoms with Crippen molar-refractivity contribution in [3.05, 3.63) is 0 Å². The molecular formula is C5H12MgO2. The van der Waals surface area contributed by atoms with Crippen molar-refractivity contribution in [2.75, 3.05) is 0 Å². The zero-order valence-electron chi connectivity index (χ0n) is 7.35. The Morgan fingerprint density at radius 2 is 2.12 bits per heavy atom. The van der Waals surface area contributed by atoms with Crippen molar-refractivity contribution in [1.82, 2.24) is 0 Å². The van der Waals surface area contributed by atoms with Gasteiger partial charge in [0.1, 0.15) is 0 Å². The molecule has 0 aromatic heterocycles. The monoisotopic (exact) mass is 128 g/mol. The van der Waals surface area contributed by atoms with Gasteiger partial charge >= 0.3 is 29.0 Å². The van der Waals surface area contributed by atoms with Crippen LogP contribution in [0.15, 0.2) is 0 Å². The maximum absolute atomic E-state index is 9.81. The molecule has 2 nitrogen and oxygen atoms in total. The zero-order valence-corrected chi connectivity index (χ0v) is 6.76. The smallest absolute Gasteiger partial charge is 1.00 e. The zero-order chi connectivity index (χ0) is 5.86. The van der Waals surface area contributed by atoms with Gasteiger partial charge in [-0.25, -0.2) is 0 Å². The molecule has 0 aliphatic carbocycles. The standard InChI is InChI=1S/C5H10O2.Mg.2H/c1-4(2)3-5(6)7;;;/h4H,3H2,1-2H3,(H,6,7);;;/q;+2;2*-1. The van der Waals surface area contributed by atoms with Crippen molar-refractivity contribution in [3.63, 3.8) is 0 Å². The molecule has 0 spiro atoms. The number of hydrogen-bond donors (Lipinski definition) is 1. The van der Waals surface area contributed by atoms with Crippen LogP contribution in [0.2, 0.25) is 0 Å². The number of aliphatic carboxylic acids is 1. The van der Waals surface area contributed by atoms with Gasteiger partial charge in [0.2, 0.25) is 0 Å². The average molecular weight is 128 g/mol. The Morgan fingerprint density at radius 1 is 1.75 bits per heavy atom. The van der Waals surface area contributed by atoms with Gasteiger partial charge in [-0.3, -0.25) is 4.79 Å². The fourth-order valence-corrected chi connectivity index (χ4v) is 0.349. The summed E-state index contributed by atoms with van der Waals surface area (Å²) in [5, 5.41) is 8.08. The van der Waals surface area contributed by atoms with Gasteiger partial charge in [-0.2, -0.15) is 0 Å². The minimum Gasteiger partial charge on any atom is -1.00 e. The van der Waals surface area contributed by atoms with Crippen LogP contribution in [0.5, 0.6) is 0 Å². The van der Waals surface area contributed by atoms with Crippen LogP contribution in [-0.2, 0) is 4.79 Å². The topological polar surface area (TPSA) is 37.3 Å². The molecule has 0 aliphatic heterocycles. The SMILES string of the molecule is CC(C)CC(=O)O.[H-].[H-].[Mg+2]. The molecule has 0 aromatic rings. The van der Waals surface area contributed by atoms with Crippen molar-refractivity contribution in [1.29, 1.82) is 0 Å². The van der Waals surface area contributed by atoms with E-state index >= 15 is 0 Å². The summed E-state index contributed by atoms with van der Waals surface area (Å²) in [6, 6.07) is 0. The van der Waals surface area contributed by atoms with Crippen LogP contribution < -0.4 is 0 Å². The molecule has 0 amide bonds. The second kappa shape index (κ2) is 5.37. The largest absolute Gasteiger partial charge is 2.00 e. The predicted molar refractivity (Wildman–Crippen MR) is 35.1 cm³/mol. The Labute approximate surface area is 68.4 Å². The third-order valence-corrected chi connectivity index (χ3v) is 0.583. The second-order valence-electron chi connectivity index (χ2n) is 1.99. The first kappa shape index (κ1) is 11.1. The first-order valence-corrected chi connectivity index (χ1v) is 2.34. The van der Waals surface area contributed by atoms with Crippen LogP contribution in [0.25, 0.3) is 0 Å². The maximum Gasteiger partial charge on any atom is 2.00 e. The first-order valence-electron chi connectivity index (χ1n) is 2.34. The summed E-state index contributed by atoms with van der Waals surface area (Å²) in [4.78, 5) is 9.81. The third kappa shape index (κ3) is 9.53. The molecule has 0 saturated heterocycles. The number of rotatable bonds is 2. The number of carboxylic acid groups (broad SMARTS) is 1. The fourth-order valence-electron chi connectivity index (χ4n) is 0.349. The number of carbonyl (C=O) groups is 1. The van der Waals surface area contributed by atoms with Crippen molar-refractivity contribution in [2.45, 2.75) is 20.3 Å². The van der Waals surface area contributed by atoms with Crippen LogP contribution >= 0.6 is 0 Å². The summed E-state index contributed by atoms with van der Waals surface area (Å²) in [6.07, 6.45) is 0.278. The molecular weight excluding hydrogens is 116 g/mol. The Hall–Kier alpha value is 0.236. The number of carboxylic acids is 1. The molecule has 0 atom stereocenters. The van der Waals surface area contributed by atoms with Crippen LogP contribution in [0.4, 0.5) is 0 Å².